The Morgan fingerprint density at radius 3 is 2.58 bits per heavy atom. The number of halogens is 2. The Hall–Kier alpha value is -3.63. The molecular weight excluding hydrogens is 508 g/mol. The maximum Gasteiger partial charge on any atom is 0.382 e. The number of rotatable bonds is 11. The molecule has 1 fully saturated rings. The average molecular weight is 538 g/mol. The van der Waals surface area contributed by atoms with E-state index in [1.165, 1.54) is 36.3 Å². The number of nitrogens with zero attached hydrogens (tertiary/aromatic N) is 3. The van der Waals surface area contributed by atoms with E-state index in [1.54, 1.807) is 42.5 Å². The van der Waals surface area contributed by atoms with Gasteiger partial charge < -0.3 is 20.3 Å². The summed E-state index contributed by atoms with van der Waals surface area (Å²) in [6, 6.07) is 16.6. The van der Waals surface area contributed by atoms with Gasteiger partial charge in [-0.15, -0.1) is 11.3 Å². The number of thiophene rings is 1. The number of likely N-dealkylation sites (tertiary alicyclic amines) is 1. The fraction of sp³-hybridized carbons (Fsp3) is 0.321. The summed E-state index contributed by atoms with van der Waals surface area (Å²) >= 11 is 1.48. The Bertz CT molecular complexity index is 1380. The number of ether oxygens (including phenoxy) is 1. The molecule has 0 unspecified atom stereocenters. The van der Waals surface area contributed by atoms with Crippen LogP contribution in [0.4, 0.5) is 20.5 Å². The van der Waals surface area contributed by atoms with E-state index in [0.717, 1.165) is 36.4 Å². The normalized spacial score (nSPS) is 14.1. The van der Waals surface area contributed by atoms with Crippen molar-refractivity contribution in [3.05, 3.63) is 82.7 Å². The number of alkyl halides is 2. The molecule has 2 aromatic heterocycles. The number of carbonyl (C=O) groups excluding carboxylic acids is 1. The van der Waals surface area contributed by atoms with Gasteiger partial charge in [0.25, 0.3) is 0 Å². The molecule has 1 saturated heterocycles. The Morgan fingerprint density at radius 2 is 1.76 bits per heavy atom. The molecule has 1 aliphatic heterocycles. The molecule has 0 spiro atoms. The van der Waals surface area contributed by atoms with E-state index < -0.39 is 17.5 Å². The van der Waals surface area contributed by atoms with Crippen LogP contribution in [0, 0.1) is 0 Å². The van der Waals surface area contributed by atoms with Gasteiger partial charge in [0.1, 0.15) is 12.4 Å². The van der Waals surface area contributed by atoms with Crippen molar-refractivity contribution in [3.8, 4) is 0 Å². The van der Waals surface area contributed by atoms with Crippen LogP contribution in [0.15, 0.2) is 66.0 Å². The SMILES string of the molecule is O=C(OCc1ccccc1)C(F)(F)c1ccccc1CNc1nc(NCCN2CCCC2)nc2ccsc12. The summed E-state index contributed by atoms with van der Waals surface area (Å²) in [6.07, 6.45) is 2.47. The van der Waals surface area contributed by atoms with Gasteiger partial charge in [0.05, 0.1) is 10.2 Å². The Labute approximate surface area is 223 Å². The van der Waals surface area contributed by atoms with Gasteiger partial charge in [0.15, 0.2) is 0 Å². The van der Waals surface area contributed by atoms with Crippen molar-refractivity contribution in [2.75, 3.05) is 36.8 Å². The van der Waals surface area contributed by atoms with Gasteiger partial charge in [0.2, 0.25) is 5.95 Å². The van der Waals surface area contributed by atoms with Gasteiger partial charge >= 0.3 is 11.9 Å². The first-order valence-electron chi connectivity index (χ1n) is 12.6. The molecule has 38 heavy (non-hydrogen) atoms. The molecule has 198 valence electrons. The molecular formula is C28H29F2N5O2S. The molecule has 1 aliphatic rings. The third-order valence-corrected chi connectivity index (χ3v) is 7.39. The average Bonchev–Trinajstić information content (AvgIpc) is 3.63. The van der Waals surface area contributed by atoms with Crippen molar-refractivity contribution in [2.24, 2.45) is 0 Å². The van der Waals surface area contributed by atoms with Crippen LogP contribution in [0.5, 0.6) is 0 Å². The molecule has 0 bridgehead atoms. The summed E-state index contributed by atoms with van der Waals surface area (Å²) in [5.41, 5.74) is 1.30. The van der Waals surface area contributed by atoms with E-state index in [0.29, 0.717) is 17.3 Å². The van der Waals surface area contributed by atoms with Gasteiger partial charge in [0, 0.05) is 25.2 Å². The van der Waals surface area contributed by atoms with E-state index in [2.05, 4.69) is 25.5 Å². The van der Waals surface area contributed by atoms with Crippen molar-refractivity contribution in [1.82, 2.24) is 14.9 Å². The lowest BCUT2D eigenvalue weighted by molar-refractivity contribution is -0.175. The smallest absolute Gasteiger partial charge is 0.382 e. The summed E-state index contributed by atoms with van der Waals surface area (Å²) < 4.78 is 36.3. The maximum atomic E-state index is 15.2. The number of esters is 1. The van der Waals surface area contributed by atoms with Crippen molar-refractivity contribution < 1.29 is 18.3 Å². The van der Waals surface area contributed by atoms with Crippen molar-refractivity contribution in [2.45, 2.75) is 31.9 Å². The highest BCUT2D eigenvalue weighted by atomic mass is 32.1. The highest BCUT2D eigenvalue weighted by Gasteiger charge is 2.44. The first kappa shape index (κ1) is 26.0. The van der Waals surface area contributed by atoms with Crippen LogP contribution in [0.2, 0.25) is 0 Å². The van der Waals surface area contributed by atoms with Gasteiger partial charge in [-0.05, 0) is 48.5 Å². The second-order valence-electron chi connectivity index (χ2n) is 9.15. The van der Waals surface area contributed by atoms with Gasteiger partial charge in [-0.3, -0.25) is 0 Å². The monoisotopic (exact) mass is 537 g/mol. The number of hydrogen-bond acceptors (Lipinski definition) is 8. The van der Waals surface area contributed by atoms with Crippen LogP contribution < -0.4 is 10.6 Å². The predicted octanol–water partition coefficient (Wildman–Crippen LogP) is 5.65. The molecule has 2 N–H and O–H groups in total. The first-order chi connectivity index (χ1) is 18.5. The Kier molecular flexibility index (Phi) is 8.09. The summed E-state index contributed by atoms with van der Waals surface area (Å²) in [6.45, 7) is 3.69. The van der Waals surface area contributed by atoms with E-state index in [1.807, 2.05) is 11.4 Å². The summed E-state index contributed by atoms with van der Waals surface area (Å²) in [5.74, 6) is -4.35. The third kappa shape index (κ3) is 6.08. The second-order valence-corrected chi connectivity index (χ2v) is 10.1. The van der Waals surface area contributed by atoms with Crippen LogP contribution in [0.25, 0.3) is 10.2 Å². The minimum atomic E-state index is -3.81. The minimum Gasteiger partial charge on any atom is -0.456 e. The number of hydrogen-bond donors (Lipinski definition) is 2. The lowest BCUT2D eigenvalue weighted by Gasteiger charge is -2.19. The number of aromatic nitrogens is 2. The lowest BCUT2D eigenvalue weighted by atomic mass is 10.0. The van der Waals surface area contributed by atoms with E-state index >= 15 is 8.78 Å². The molecule has 3 heterocycles. The van der Waals surface area contributed by atoms with Crippen molar-refractivity contribution >= 4 is 39.3 Å². The molecule has 0 atom stereocenters. The standard InChI is InChI=1S/C28H29F2N5O2S/c29-28(30,26(36)37-19-20-8-2-1-3-9-20)22-11-5-4-10-21(22)18-32-25-24-23(12-17-38-24)33-27(34-25)31-13-16-35-14-6-7-15-35/h1-5,8-12,17H,6-7,13-16,18-19H2,(H2,31,32,33,34). The highest BCUT2D eigenvalue weighted by Crippen LogP contribution is 2.34. The number of anilines is 2. The number of fused-ring (bicyclic) bond motifs is 1. The fourth-order valence-corrected chi connectivity index (χ4v) is 5.27. The Morgan fingerprint density at radius 1 is 1.00 bits per heavy atom. The molecule has 0 aliphatic carbocycles. The molecule has 0 amide bonds. The van der Waals surface area contributed by atoms with Crippen LogP contribution in [0.1, 0.15) is 29.5 Å². The summed E-state index contributed by atoms with van der Waals surface area (Å²) in [7, 11) is 0. The summed E-state index contributed by atoms with van der Waals surface area (Å²) in [5, 5.41) is 8.40. The third-order valence-electron chi connectivity index (χ3n) is 6.48. The maximum absolute atomic E-state index is 15.2. The van der Waals surface area contributed by atoms with Crippen LogP contribution in [-0.2, 0) is 28.6 Å². The number of nitrogens with one attached hydrogen (secondary N) is 2. The minimum absolute atomic E-state index is 0.0506. The molecule has 0 saturated carbocycles. The van der Waals surface area contributed by atoms with Gasteiger partial charge in [-0.2, -0.15) is 13.8 Å². The zero-order chi connectivity index (χ0) is 26.4. The van der Waals surface area contributed by atoms with Gasteiger partial charge in [-0.25, -0.2) is 9.78 Å². The Balaban J connectivity index is 1.28. The molecule has 10 heteroatoms. The zero-order valence-electron chi connectivity index (χ0n) is 20.8. The first-order valence-corrected chi connectivity index (χ1v) is 13.5. The zero-order valence-corrected chi connectivity index (χ0v) is 21.6. The topological polar surface area (TPSA) is 79.4 Å². The van der Waals surface area contributed by atoms with E-state index in [9.17, 15) is 4.79 Å². The predicted molar refractivity (Wildman–Crippen MR) is 145 cm³/mol. The van der Waals surface area contributed by atoms with Crippen molar-refractivity contribution in [3.63, 3.8) is 0 Å². The van der Waals surface area contributed by atoms with Crippen molar-refractivity contribution in [1.29, 1.82) is 0 Å². The lowest BCUT2D eigenvalue weighted by Crippen LogP contribution is -2.29. The fourth-order valence-electron chi connectivity index (χ4n) is 4.48. The summed E-state index contributed by atoms with van der Waals surface area (Å²) in [4.78, 5) is 24.0. The van der Waals surface area contributed by atoms with Crippen LogP contribution >= 0.6 is 11.3 Å². The second kappa shape index (κ2) is 11.8. The molecule has 4 aromatic rings. The molecule has 0 radical (unpaired) electrons. The largest absolute Gasteiger partial charge is 0.456 e. The van der Waals surface area contributed by atoms with E-state index in [-0.39, 0.29) is 18.7 Å². The highest BCUT2D eigenvalue weighted by molar-refractivity contribution is 7.17. The van der Waals surface area contributed by atoms with Gasteiger partial charge in [-0.1, -0.05) is 54.6 Å². The molecule has 5 rings (SSSR count). The molecule has 7 nitrogen and oxygen atoms in total. The van der Waals surface area contributed by atoms with Crippen LogP contribution in [0.3, 0.4) is 0 Å². The quantitative estimate of drug-likeness (QED) is 0.240. The number of carbonyl (C=O) groups is 1. The molecule has 2 aromatic carbocycles. The van der Waals surface area contributed by atoms with Crippen LogP contribution in [-0.4, -0.2) is 47.0 Å². The number of benzene rings is 2. The van der Waals surface area contributed by atoms with E-state index in [4.69, 9.17) is 4.74 Å².